The number of hydrogen-bond acceptors (Lipinski definition) is 5. The maximum absolute atomic E-state index is 13.9. The van der Waals surface area contributed by atoms with E-state index in [9.17, 15) is 9.59 Å². The molecule has 8 nitrogen and oxygen atoms in total. The molecule has 3 aliphatic rings. The largest absolute Gasteiger partial charge is 0.496 e. The number of fused-ring (bicyclic) bond motifs is 3. The number of aromatic nitrogens is 1. The van der Waals surface area contributed by atoms with Crippen LogP contribution in [0.1, 0.15) is 55.9 Å². The van der Waals surface area contributed by atoms with Crippen LogP contribution < -0.4 is 14.8 Å². The Hall–Kier alpha value is -2.74. The van der Waals surface area contributed by atoms with E-state index < -0.39 is 5.54 Å². The van der Waals surface area contributed by atoms with Gasteiger partial charge in [0.2, 0.25) is 5.91 Å². The Morgan fingerprint density at radius 1 is 1.15 bits per heavy atom. The number of hydrogen-bond donors (Lipinski definition) is 1. The van der Waals surface area contributed by atoms with Gasteiger partial charge in [-0.15, -0.1) is 0 Å². The van der Waals surface area contributed by atoms with Crippen LogP contribution in [0.3, 0.4) is 0 Å². The van der Waals surface area contributed by atoms with Crippen LogP contribution in [0, 0.1) is 0 Å². The molecule has 5 rings (SSSR count). The third-order valence-corrected chi connectivity index (χ3v) is 7.54. The Labute approximate surface area is 194 Å². The van der Waals surface area contributed by atoms with Crippen LogP contribution in [-0.4, -0.2) is 66.3 Å². The number of ether oxygens (including phenoxy) is 3. The summed E-state index contributed by atoms with van der Waals surface area (Å²) in [5.74, 6) is 1.05. The van der Waals surface area contributed by atoms with Crippen molar-refractivity contribution in [2.24, 2.45) is 0 Å². The Balaban J connectivity index is 1.60. The molecule has 2 fully saturated rings. The molecule has 1 aromatic carbocycles. The highest BCUT2D eigenvalue weighted by Crippen LogP contribution is 2.40. The van der Waals surface area contributed by atoms with Crippen LogP contribution in [0.5, 0.6) is 11.5 Å². The summed E-state index contributed by atoms with van der Waals surface area (Å²) in [4.78, 5) is 29.4. The van der Waals surface area contributed by atoms with Crippen molar-refractivity contribution >= 4 is 22.7 Å². The van der Waals surface area contributed by atoms with Crippen LogP contribution >= 0.6 is 0 Å². The highest BCUT2D eigenvalue weighted by molar-refractivity contribution is 6.06. The Kier molecular flexibility index (Phi) is 5.72. The molecule has 1 N–H and O–H groups in total. The summed E-state index contributed by atoms with van der Waals surface area (Å²) in [7, 11) is 3.23. The van der Waals surface area contributed by atoms with E-state index in [1.165, 1.54) is 0 Å². The van der Waals surface area contributed by atoms with Crippen LogP contribution in [0.4, 0.5) is 0 Å². The summed E-state index contributed by atoms with van der Waals surface area (Å²) >= 11 is 0. The summed E-state index contributed by atoms with van der Waals surface area (Å²) < 4.78 is 19.0. The van der Waals surface area contributed by atoms with Gasteiger partial charge in [0.1, 0.15) is 22.7 Å². The van der Waals surface area contributed by atoms with Gasteiger partial charge in [-0.1, -0.05) is 12.8 Å². The zero-order chi connectivity index (χ0) is 23.2. The molecular formula is C25H33N3O5. The average molecular weight is 456 g/mol. The fourth-order valence-corrected chi connectivity index (χ4v) is 5.64. The molecule has 1 aromatic heterocycles. The van der Waals surface area contributed by atoms with Crippen molar-refractivity contribution in [3.05, 3.63) is 23.9 Å². The lowest BCUT2D eigenvalue weighted by atomic mass is 9.93. The summed E-state index contributed by atoms with van der Waals surface area (Å²) in [6.07, 6.45) is 6.07. The van der Waals surface area contributed by atoms with Gasteiger partial charge in [0.15, 0.2) is 0 Å². The molecule has 0 spiro atoms. The normalized spacial score (nSPS) is 25.5. The first kappa shape index (κ1) is 22.1. The standard InChI is InChI=1S/C25H33N3O5/c1-25(24(30)26-16-7-4-5-8-16)15-27-19(23(29)28(25)14-17-9-6-12-33-17)13-18-20(31-2)10-11-21(32-3)22(18)27/h10-11,13,16-17H,4-9,12,14-15H2,1-3H3,(H,26,30)/t17-,25+/m0/s1. The number of nitrogens with one attached hydrogen (secondary N) is 1. The summed E-state index contributed by atoms with van der Waals surface area (Å²) in [5.41, 5.74) is 0.271. The van der Waals surface area contributed by atoms with Crippen LogP contribution in [0.25, 0.3) is 10.9 Å². The summed E-state index contributed by atoms with van der Waals surface area (Å²) in [6.45, 7) is 3.33. The third-order valence-electron chi connectivity index (χ3n) is 7.54. The van der Waals surface area contributed by atoms with E-state index in [-0.39, 0.29) is 24.0 Å². The second kappa shape index (κ2) is 8.56. The van der Waals surface area contributed by atoms with E-state index in [1.54, 1.807) is 19.1 Å². The monoisotopic (exact) mass is 455 g/mol. The molecular weight excluding hydrogens is 422 g/mol. The van der Waals surface area contributed by atoms with Gasteiger partial charge in [-0.3, -0.25) is 9.59 Å². The van der Waals surface area contributed by atoms with Gasteiger partial charge in [-0.25, -0.2) is 0 Å². The first-order valence-corrected chi connectivity index (χ1v) is 11.9. The highest BCUT2D eigenvalue weighted by atomic mass is 16.5. The van der Waals surface area contributed by atoms with Crippen molar-refractivity contribution in [3.63, 3.8) is 0 Å². The SMILES string of the molecule is COc1ccc(OC)c2c1cc1n2C[C@](C)(C(=O)NC2CCCC2)N(C[C@@H]2CCCO2)C1=O. The zero-order valence-electron chi connectivity index (χ0n) is 19.7. The van der Waals surface area contributed by atoms with Crippen LogP contribution in [0.15, 0.2) is 18.2 Å². The number of carbonyl (C=O) groups is 2. The lowest BCUT2D eigenvalue weighted by Gasteiger charge is -2.45. The Morgan fingerprint density at radius 3 is 2.55 bits per heavy atom. The molecule has 2 atom stereocenters. The molecule has 8 heteroatoms. The molecule has 2 aromatic rings. The maximum atomic E-state index is 13.9. The molecule has 1 aliphatic carbocycles. The number of methoxy groups -OCH3 is 2. The van der Waals surface area contributed by atoms with Crippen molar-refractivity contribution in [2.75, 3.05) is 27.4 Å². The van der Waals surface area contributed by atoms with Gasteiger partial charge in [0, 0.05) is 24.6 Å². The first-order chi connectivity index (χ1) is 16.0. The number of amides is 2. The topological polar surface area (TPSA) is 82.0 Å². The van der Waals surface area contributed by atoms with Gasteiger partial charge >= 0.3 is 0 Å². The number of nitrogens with zero attached hydrogens (tertiary/aromatic N) is 2. The van der Waals surface area contributed by atoms with Crippen molar-refractivity contribution < 1.29 is 23.8 Å². The average Bonchev–Trinajstić information content (AvgIpc) is 3.58. The zero-order valence-corrected chi connectivity index (χ0v) is 19.7. The Bertz CT molecular complexity index is 1070. The van der Waals surface area contributed by atoms with Crippen LogP contribution in [0.2, 0.25) is 0 Å². The molecule has 1 saturated heterocycles. The minimum atomic E-state index is -1.04. The van der Waals surface area contributed by atoms with Gasteiger partial charge in [0.05, 0.1) is 32.4 Å². The first-order valence-electron chi connectivity index (χ1n) is 11.9. The molecule has 2 amide bonds. The second-order valence-electron chi connectivity index (χ2n) is 9.63. The fourth-order valence-electron chi connectivity index (χ4n) is 5.64. The van der Waals surface area contributed by atoms with Crippen LogP contribution in [-0.2, 0) is 16.1 Å². The number of benzene rings is 1. The minimum absolute atomic E-state index is 0.0486. The van der Waals surface area contributed by atoms with Crippen molar-refractivity contribution in [1.29, 1.82) is 0 Å². The molecule has 33 heavy (non-hydrogen) atoms. The van der Waals surface area contributed by atoms with Crippen molar-refractivity contribution in [3.8, 4) is 11.5 Å². The summed E-state index contributed by atoms with van der Waals surface area (Å²) in [6, 6.07) is 5.71. The lowest BCUT2D eigenvalue weighted by molar-refractivity contribution is -0.134. The quantitative estimate of drug-likeness (QED) is 0.724. The Morgan fingerprint density at radius 2 is 1.88 bits per heavy atom. The fraction of sp³-hybridized carbons (Fsp3) is 0.600. The van der Waals surface area contributed by atoms with Gasteiger partial charge in [0.25, 0.3) is 5.91 Å². The maximum Gasteiger partial charge on any atom is 0.271 e. The third kappa shape index (κ3) is 3.64. The second-order valence-corrected chi connectivity index (χ2v) is 9.63. The van der Waals surface area contributed by atoms with E-state index in [1.807, 2.05) is 29.7 Å². The minimum Gasteiger partial charge on any atom is -0.496 e. The van der Waals surface area contributed by atoms with Crippen molar-refractivity contribution in [1.82, 2.24) is 14.8 Å². The lowest BCUT2D eigenvalue weighted by Crippen LogP contribution is -2.65. The van der Waals surface area contributed by atoms with E-state index in [2.05, 4.69) is 5.32 Å². The van der Waals surface area contributed by atoms with Gasteiger partial charge < -0.3 is 29.0 Å². The molecule has 0 unspecified atom stereocenters. The molecule has 0 radical (unpaired) electrons. The van der Waals surface area contributed by atoms with E-state index >= 15 is 0 Å². The summed E-state index contributed by atoms with van der Waals surface area (Å²) in [5, 5.41) is 4.05. The predicted molar refractivity (Wildman–Crippen MR) is 124 cm³/mol. The van der Waals surface area contributed by atoms with E-state index in [4.69, 9.17) is 14.2 Å². The molecule has 3 heterocycles. The molecule has 1 saturated carbocycles. The van der Waals surface area contributed by atoms with E-state index in [0.29, 0.717) is 36.9 Å². The van der Waals surface area contributed by atoms with Gasteiger partial charge in [-0.05, 0) is 50.8 Å². The van der Waals surface area contributed by atoms with Gasteiger partial charge in [-0.2, -0.15) is 0 Å². The predicted octanol–water partition coefficient (Wildman–Crippen LogP) is 3.11. The molecule has 2 aliphatic heterocycles. The number of carbonyl (C=O) groups excluding carboxylic acids is 2. The smallest absolute Gasteiger partial charge is 0.271 e. The highest BCUT2D eigenvalue weighted by Gasteiger charge is 2.49. The molecule has 178 valence electrons. The van der Waals surface area contributed by atoms with E-state index in [0.717, 1.165) is 49.4 Å². The van der Waals surface area contributed by atoms with Crippen molar-refractivity contribution in [2.45, 2.75) is 69.7 Å². The number of rotatable bonds is 6. The molecule has 0 bridgehead atoms.